The van der Waals surface area contributed by atoms with Gasteiger partial charge < -0.3 is 15.8 Å². The average Bonchev–Trinajstić information content (AvgIpc) is 2.83. The third kappa shape index (κ3) is 2.35. The zero-order valence-corrected chi connectivity index (χ0v) is 11.3. The molecular weight excluding hydrogens is 250 g/mol. The van der Waals surface area contributed by atoms with Gasteiger partial charge in [0.05, 0.1) is 12.6 Å². The fourth-order valence-electron chi connectivity index (χ4n) is 1.56. The van der Waals surface area contributed by atoms with E-state index in [1.165, 1.54) is 13.4 Å². The molecule has 3 N–H and O–H groups in total. The Morgan fingerprint density at radius 2 is 2.11 bits per heavy atom. The van der Waals surface area contributed by atoms with Crippen LogP contribution in [-0.4, -0.2) is 22.1 Å². The Morgan fingerprint density at radius 1 is 1.33 bits per heavy atom. The third-order valence-electron chi connectivity index (χ3n) is 2.43. The predicted molar refractivity (Wildman–Crippen MR) is 71.8 cm³/mol. The molecule has 7 heteroatoms. The van der Waals surface area contributed by atoms with Gasteiger partial charge in [0.2, 0.25) is 5.75 Å². The van der Waals surface area contributed by atoms with Crippen LogP contribution in [0.5, 0.6) is 5.75 Å². The first-order valence-corrected chi connectivity index (χ1v) is 6.25. The molecule has 0 atom stereocenters. The fourth-order valence-corrected chi connectivity index (χ4v) is 2.28. The lowest BCUT2D eigenvalue weighted by atomic mass is 10.1. The number of nitrogen functional groups attached to an aromatic ring is 1. The van der Waals surface area contributed by atoms with E-state index in [1.54, 1.807) is 17.5 Å². The van der Waals surface area contributed by atoms with Crippen molar-refractivity contribution in [2.45, 2.75) is 19.4 Å². The van der Waals surface area contributed by atoms with Gasteiger partial charge in [-0.2, -0.15) is 0 Å². The van der Waals surface area contributed by atoms with Crippen LogP contribution >= 0.6 is 11.3 Å². The van der Waals surface area contributed by atoms with Crippen LogP contribution in [-0.2, 0) is 5.54 Å². The van der Waals surface area contributed by atoms with Crippen molar-refractivity contribution in [1.82, 2.24) is 15.0 Å². The molecule has 96 valence electrons. The maximum Gasteiger partial charge on any atom is 0.203 e. The smallest absolute Gasteiger partial charge is 0.203 e. The summed E-state index contributed by atoms with van der Waals surface area (Å²) >= 11 is 1.58. The van der Waals surface area contributed by atoms with Crippen LogP contribution in [0.15, 0.2) is 17.9 Å². The molecule has 0 aliphatic carbocycles. The fraction of sp³-hybridized carbons (Fsp3) is 0.364. The van der Waals surface area contributed by atoms with Crippen molar-refractivity contribution in [1.29, 1.82) is 0 Å². The number of nitrogens with two attached hydrogens (primary N) is 1. The summed E-state index contributed by atoms with van der Waals surface area (Å²) in [7, 11) is 1.54. The van der Waals surface area contributed by atoms with Gasteiger partial charge in [-0.1, -0.05) is 0 Å². The van der Waals surface area contributed by atoms with E-state index in [9.17, 15) is 0 Å². The Labute approximate surface area is 109 Å². The van der Waals surface area contributed by atoms with Crippen molar-refractivity contribution in [3.63, 3.8) is 0 Å². The van der Waals surface area contributed by atoms with E-state index in [0.717, 1.165) is 5.01 Å². The minimum Gasteiger partial charge on any atom is -0.490 e. The lowest BCUT2D eigenvalue weighted by Crippen LogP contribution is -2.28. The van der Waals surface area contributed by atoms with Crippen LogP contribution in [0.25, 0.3) is 0 Å². The van der Waals surface area contributed by atoms with Gasteiger partial charge in [-0.15, -0.1) is 11.3 Å². The van der Waals surface area contributed by atoms with E-state index in [0.29, 0.717) is 17.4 Å². The maximum atomic E-state index is 5.74. The highest BCUT2D eigenvalue weighted by atomic mass is 32.1. The van der Waals surface area contributed by atoms with Crippen LogP contribution in [0.1, 0.15) is 18.9 Å². The van der Waals surface area contributed by atoms with E-state index in [4.69, 9.17) is 10.5 Å². The molecule has 0 radical (unpaired) electrons. The second kappa shape index (κ2) is 4.77. The predicted octanol–water partition coefficient (Wildman–Crippen LogP) is 1.87. The molecule has 2 aromatic rings. The first-order chi connectivity index (χ1) is 8.54. The lowest BCUT2D eigenvalue weighted by Gasteiger charge is -2.25. The molecule has 0 fully saturated rings. The number of ether oxygens (including phenoxy) is 1. The van der Waals surface area contributed by atoms with Gasteiger partial charge >= 0.3 is 0 Å². The molecule has 0 aliphatic rings. The van der Waals surface area contributed by atoms with Crippen molar-refractivity contribution in [3.05, 3.63) is 22.9 Å². The monoisotopic (exact) mass is 265 g/mol. The number of nitrogens with zero attached hydrogens (tertiary/aromatic N) is 3. The van der Waals surface area contributed by atoms with Gasteiger partial charge in [0.1, 0.15) is 11.3 Å². The van der Waals surface area contributed by atoms with Crippen LogP contribution in [0.3, 0.4) is 0 Å². The van der Waals surface area contributed by atoms with Gasteiger partial charge in [-0.25, -0.2) is 15.0 Å². The summed E-state index contributed by atoms with van der Waals surface area (Å²) in [5, 5.41) is 6.17. The summed E-state index contributed by atoms with van der Waals surface area (Å²) in [6.07, 6.45) is 3.17. The highest BCUT2D eigenvalue weighted by Gasteiger charge is 2.25. The minimum absolute atomic E-state index is 0.310. The summed E-state index contributed by atoms with van der Waals surface area (Å²) in [5.41, 5.74) is 5.38. The number of hydrogen-bond donors (Lipinski definition) is 2. The van der Waals surface area contributed by atoms with E-state index >= 15 is 0 Å². The van der Waals surface area contributed by atoms with Crippen molar-refractivity contribution in [2.75, 3.05) is 18.2 Å². The molecule has 0 aliphatic heterocycles. The van der Waals surface area contributed by atoms with Crippen molar-refractivity contribution in [2.24, 2.45) is 0 Å². The standard InChI is InChI=1S/C11H15N5OS/c1-11(2,10-13-4-5-18-10)16-9-7(17-3)8(12)14-6-15-9/h4-6H,1-3H3,(H3,12,14,15,16). The molecule has 0 spiro atoms. The second-order valence-electron chi connectivity index (χ2n) is 4.23. The normalized spacial score (nSPS) is 11.3. The van der Waals surface area contributed by atoms with E-state index < -0.39 is 0 Å². The third-order valence-corrected chi connectivity index (χ3v) is 3.53. The number of aromatic nitrogens is 3. The van der Waals surface area contributed by atoms with Crippen LogP contribution in [0, 0.1) is 0 Å². The lowest BCUT2D eigenvalue weighted by molar-refractivity contribution is 0.413. The molecule has 0 unspecified atom stereocenters. The largest absolute Gasteiger partial charge is 0.490 e. The molecule has 2 aromatic heterocycles. The molecule has 2 heterocycles. The Balaban J connectivity index is 2.32. The zero-order chi connectivity index (χ0) is 13.2. The summed E-state index contributed by atoms with van der Waals surface area (Å²) in [5.74, 6) is 1.32. The Bertz CT molecular complexity index is 526. The van der Waals surface area contributed by atoms with Gasteiger partial charge in [0.15, 0.2) is 11.6 Å². The number of thiazole rings is 1. The molecule has 0 bridgehead atoms. The van der Waals surface area contributed by atoms with Crippen LogP contribution in [0.4, 0.5) is 11.6 Å². The van der Waals surface area contributed by atoms with Crippen molar-refractivity contribution in [3.8, 4) is 5.75 Å². The highest BCUT2D eigenvalue weighted by Crippen LogP contribution is 2.32. The quantitative estimate of drug-likeness (QED) is 0.877. The highest BCUT2D eigenvalue weighted by molar-refractivity contribution is 7.09. The van der Waals surface area contributed by atoms with Gasteiger partial charge in [-0.05, 0) is 13.8 Å². The number of rotatable bonds is 4. The summed E-state index contributed by atoms with van der Waals surface area (Å²) in [6.45, 7) is 4.03. The van der Waals surface area contributed by atoms with Crippen LogP contribution < -0.4 is 15.8 Å². The van der Waals surface area contributed by atoms with E-state index in [2.05, 4.69) is 20.3 Å². The Hall–Kier alpha value is -1.89. The van der Waals surface area contributed by atoms with E-state index in [1.807, 2.05) is 19.2 Å². The molecule has 0 aromatic carbocycles. The van der Waals surface area contributed by atoms with Gasteiger partial charge in [0, 0.05) is 11.6 Å². The van der Waals surface area contributed by atoms with Gasteiger partial charge in [-0.3, -0.25) is 0 Å². The summed E-state index contributed by atoms with van der Waals surface area (Å²) < 4.78 is 5.21. The molecule has 2 rings (SSSR count). The molecule has 0 saturated carbocycles. The number of methoxy groups -OCH3 is 1. The maximum absolute atomic E-state index is 5.74. The number of hydrogen-bond acceptors (Lipinski definition) is 7. The second-order valence-corrected chi connectivity index (χ2v) is 5.12. The molecule has 6 nitrogen and oxygen atoms in total. The molecule has 0 amide bonds. The Morgan fingerprint density at radius 3 is 2.72 bits per heavy atom. The summed E-state index contributed by atoms with van der Waals surface area (Å²) in [6, 6.07) is 0. The molecular formula is C11H15N5OS. The zero-order valence-electron chi connectivity index (χ0n) is 10.5. The number of nitrogens with one attached hydrogen (secondary N) is 1. The minimum atomic E-state index is -0.359. The first kappa shape index (κ1) is 12.6. The molecule has 18 heavy (non-hydrogen) atoms. The summed E-state index contributed by atoms with van der Waals surface area (Å²) in [4.78, 5) is 12.3. The van der Waals surface area contributed by atoms with E-state index in [-0.39, 0.29) is 5.54 Å². The number of anilines is 2. The van der Waals surface area contributed by atoms with Crippen molar-refractivity contribution >= 4 is 23.0 Å². The topological polar surface area (TPSA) is 86.0 Å². The van der Waals surface area contributed by atoms with Crippen LogP contribution in [0.2, 0.25) is 0 Å². The first-order valence-electron chi connectivity index (χ1n) is 5.37. The molecule has 0 saturated heterocycles. The average molecular weight is 265 g/mol. The Kier molecular flexibility index (Phi) is 3.33. The van der Waals surface area contributed by atoms with Crippen molar-refractivity contribution < 1.29 is 4.74 Å². The van der Waals surface area contributed by atoms with Gasteiger partial charge in [0.25, 0.3) is 0 Å². The SMILES string of the molecule is COc1c(N)ncnc1NC(C)(C)c1nccs1.